The number of hydrogen-bond acceptors (Lipinski definition) is 4. The predicted octanol–water partition coefficient (Wildman–Crippen LogP) is 4.76. The van der Waals surface area contributed by atoms with E-state index < -0.39 is 0 Å². The van der Waals surface area contributed by atoms with Crippen LogP contribution in [0.15, 0.2) is 35.8 Å². The van der Waals surface area contributed by atoms with Crippen molar-refractivity contribution in [1.29, 1.82) is 0 Å². The molecule has 1 aliphatic rings. The third-order valence-electron chi connectivity index (χ3n) is 5.09. The van der Waals surface area contributed by atoms with Crippen molar-refractivity contribution in [2.75, 3.05) is 0 Å². The molecular weight excluding hydrogens is 326 g/mol. The Labute approximate surface area is 156 Å². The highest BCUT2D eigenvalue weighted by Gasteiger charge is 2.40. The average molecular weight is 358 g/mol. The number of nitrogens with one attached hydrogen (secondary N) is 1. The summed E-state index contributed by atoms with van der Waals surface area (Å²) >= 11 is 1.87. The molecular formula is C21H31N3S. The molecule has 0 bridgehead atoms. The molecule has 136 valence electrons. The average Bonchev–Trinajstić information content (AvgIpc) is 2.90. The molecule has 0 spiro atoms. The molecule has 4 heteroatoms. The lowest BCUT2D eigenvalue weighted by atomic mass is 9.79. The molecule has 1 fully saturated rings. The largest absolute Gasteiger partial charge is 0.307 e. The molecule has 0 atom stereocenters. The molecule has 0 radical (unpaired) electrons. The van der Waals surface area contributed by atoms with Gasteiger partial charge in [-0.15, -0.1) is 11.3 Å². The first-order valence-electron chi connectivity index (χ1n) is 9.20. The Morgan fingerprint density at radius 3 is 2.40 bits per heavy atom. The number of nitrogens with zero attached hydrogens (tertiary/aromatic N) is 2. The lowest BCUT2D eigenvalue weighted by Crippen LogP contribution is -2.62. The Balaban J connectivity index is 1.86. The van der Waals surface area contributed by atoms with Gasteiger partial charge in [0.25, 0.3) is 0 Å². The zero-order valence-electron chi connectivity index (χ0n) is 16.2. The van der Waals surface area contributed by atoms with Gasteiger partial charge in [0.1, 0.15) is 0 Å². The first-order chi connectivity index (χ1) is 11.7. The quantitative estimate of drug-likeness (QED) is 0.836. The summed E-state index contributed by atoms with van der Waals surface area (Å²) in [4.78, 5) is 8.71. The van der Waals surface area contributed by atoms with Gasteiger partial charge in [0.05, 0.1) is 5.69 Å². The molecule has 3 rings (SSSR count). The topological polar surface area (TPSA) is 28.2 Å². The van der Waals surface area contributed by atoms with E-state index in [4.69, 9.17) is 0 Å². The fourth-order valence-corrected chi connectivity index (χ4v) is 5.22. The second-order valence-electron chi connectivity index (χ2n) is 8.71. The molecule has 2 aromatic rings. The van der Waals surface area contributed by atoms with Crippen molar-refractivity contribution < 1.29 is 0 Å². The Hall–Kier alpha value is -1.23. The molecule has 3 heterocycles. The van der Waals surface area contributed by atoms with Crippen LogP contribution in [0.1, 0.15) is 56.7 Å². The Morgan fingerprint density at radius 1 is 1.12 bits per heavy atom. The zero-order valence-corrected chi connectivity index (χ0v) is 17.0. The number of hydrogen-bond donors (Lipinski definition) is 1. The molecule has 0 unspecified atom stereocenters. The van der Waals surface area contributed by atoms with E-state index in [1.54, 1.807) is 0 Å². The van der Waals surface area contributed by atoms with Gasteiger partial charge in [-0.05, 0) is 76.6 Å². The summed E-state index contributed by atoms with van der Waals surface area (Å²) in [5.41, 5.74) is 2.87. The smallest absolute Gasteiger partial charge is 0.0544 e. The molecule has 1 saturated heterocycles. The molecule has 1 aliphatic heterocycles. The van der Waals surface area contributed by atoms with Crippen molar-refractivity contribution in [3.05, 3.63) is 52.0 Å². The summed E-state index contributed by atoms with van der Waals surface area (Å²) in [5, 5.41) is 6.02. The van der Waals surface area contributed by atoms with Crippen molar-refractivity contribution in [2.24, 2.45) is 0 Å². The highest BCUT2D eigenvalue weighted by atomic mass is 32.1. The van der Waals surface area contributed by atoms with E-state index in [-0.39, 0.29) is 11.1 Å². The number of thiophene rings is 1. The van der Waals surface area contributed by atoms with Gasteiger partial charge in [0.2, 0.25) is 0 Å². The minimum absolute atomic E-state index is 0.152. The lowest BCUT2D eigenvalue weighted by Gasteiger charge is -2.49. The van der Waals surface area contributed by atoms with Crippen molar-refractivity contribution in [3.8, 4) is 0 Å². The first kappa shape index (κ1) is 18.6. The molecule has 0 saturated carbocycles. The summed E-state index contributed by atoms with van der Waals surface area (Å²) in [6.45, 7) is 13.5. The van der Waals surface area contributed by atoms with Gasteiger partial charge in [0.15, 0.2) is 0 Å². The standard InChI is InChI=1S/C21H31N3S/c1-16-9-11-25-19(16)15-24(14-17-8-6-7-10-22-17)18-12-20(2,3)23-21(4,5)13-18/h6-11,18,23H,12-15H2,1-5H3. The molecule has 0 amide bonds. The zero-order chi connectivity index (χ0) is 18.1. The molecule has 0 aliphatic carbocycles. The number of piperidine rings is 1. The van der Waals surface area contributed by atoms with Crippen LogP contribution in [0.2, 0.25) is 0 Å². The Morgan fingerprint density at radius 2 is 1.84 bits per heavy atom. The van der Waals surface area contributed by atoms with E-state index in [2.05, 4.69) is 73.4 Å². The number of pyridine rings is 1. The minimum atomic E-state index is 0.152. The number of aryl methyl sites for hydroxylation is 1. The molecule has 0 aromatic carbocycles. The van der Waals surface area contributed by atoms with E-state index in [9.17, 15) is 0 Å². The van der Waals surface area contributed by atoms with Crippen LogP contribution in [0.4, 0.5) is 0 Å². The highest BCUT2D eigenvalue weighted by Crippen LogP contribution is 2.33. The van der Waals surface area contributed by atoms with E-state index in [1.807, 2.05) is 23.6 Å². The molecule has 3 nitrogen and oxygen atoms in total. The van der Waals surface area contributed by atoms with Gasteiger partial charge in [-0.25, -0.2) is 0 Å². The van der Waals surface area contributed by atoms with Crippen LogP contribution in [-0.2, 0) is 13.1 Å². The lowest BCUT2D eigenvalue weighted by molar-refractivity contribution is 0.0561. The van der Waals surface area contributed by atoms with E-state index in [1.165, 1.54) is 10.4 Å². The minimum Gasteiger partial charge on any atom is -0.307 e. The van der Waals surface area contributed by atoms with Crippen LogP contribution in [0.3, 0.4) is 0 Å². The highest BCUT2D eigenvalue weighted by molar-refractivity contribution is 7.10. The Kier molecular flexibility index (Phi) is 5.33. The summed E-state index contributed by atoms with van der Waals surface area (Å²) in [6, 6.07) is 9.01. The predicted molar refractivity (Wildman–Crippen MR) is 107 cm³/mol. The van der Waals surface area contributed by atoms with Crippen LogP contribution in [-0.4, -0.2) is 27.0 Å². The summed E-state index contributed by atoms with van der Waals surface area (Å²) < 4.78 is 0. The van der Waals surface area contributed by atoms with Gasteiger partial charge >= 0.3 is 0 Å². The normalized spacial score (nSPS) is 20.1. The van der Waals surface area contributed by atoms with Gasteiger partial charge < -0.3 is 5.32 Å². The maximum atomic E-state index is 4.58. The third kappa shape index (κ3) is 4.90. The van der Waals surface area contributed by atoms with Crippen molar-refractivity contribution >= 4 is 11.3 Å². The van der Waals surface area contributed by atoms with E-state index in [0.717, 1.165) is 31.6 Å². The van der Waals surface area contributed by atoms with Crippen LogP contribution in [0, 0.1) is 6.92 Å². The molecule has 2 aromatic heterocycles. The number of aromatic nitrogens is 1. The second kappa shape index (κ2) is 7.18. The first-order valence-corrected chi connectivity index (χ1v) is 10.1. The SMILES string of the molecule is Cc1ccsc1CN(Cc1ccccn1)C1CC(C)(C)NC(C)(C)C1. The Bertz CT molecular complexity index is 674. The van der Waals surface area contributed by atoms with Crippen LogP contribution >= 0.6 is 11.3 Å². The van der Waals surface area contributed by atoms with Gasteiger partial charge in [0, 0.05) is 41.3 Å². The van der Waals surface area contributed by atoms with Crippen LogP contribution < -0.4 is 5.32 Å². The second-order valence-corrected chi connectivity index (χ2v) is 9.71. The van der Waals surface area contributed by atoms with Gasteiger partial charge in [-0.3, -0.25) is 9.88 Å². The summed E-state index contributed by atoms with van der Waals surface area (Å²) in [7, 11) is 0. The van der Waals surface area contributed by atoms with Crippen molar-refractivity contribution in [2.45, 2.75) is 77.7 Å². The van der Waals surface area contributed by atoms with Crippen molar-refractivity contribution in [3.63, 3.8) is 0 Å². The maximum Gasteiger partial charge on any atom is 0.0544 e. The fourth-order valence-electron chi connectivity index (χ4n) is 4.29. The van der Waals surface area contributed by atoms with Crippen LogP contribution in [0.25, 0.3) is 0 Å². The third-order valence-corrected chi connectivity index (χ3v) is 6.10. The van der Waals surface area contributed by atoms with Gasteiger partial charge in [-0.2, -0.15) is 0 Å². The molecule has 25 heavy (non-hydrogen) atoms. The summed E-state index contributed by atoms with van der Waals surface area (Å²) in [6.07, 6.45) is 4.22. The van der Waals surface area contributed by atoms with Gasteiger partial charge in [-0.1, -0.05) is 6.07 Å². The van der Waals surface area contributed by atoms with E-state index in [0.29, 0.717) is 6.04 Å². The fraction of sp³-hybridized carbons (Fsp3) is 0.571. The number of rotatable bonds is 5. The maximum absolute atomic E-state index is 4.58. The molecule has 1 N–H and O–H groups in total. The summed E-state index contributed by atoms with van der Waals surface area (Å²) in [5.74, 6) is 0. The van der Waals surface area contributed by atoms with E-state index >= 15 is 0 Å². The van der Waals surface area contributed by atoms with Crippen LogP contribution in [0.5, 0.6) is 0 Å². The monoisotopic (exact) mass is 357 g/mol. The van der Waals surface area contributed by atoms with Crippen molar-refractivity contribution in [1.82, 2.24) is 15.2 Å².